The van der Waals surface area contributed by atoms with Crippen molar-refractivity contribution in [2.75, 3.05) is 19.0 Å². The predicted molar refractivity (Wildman–Crippen MR) is 72.0 cm³/mol. The highest BCUT2D eigenvalue weighted by Crippen LogP contribution is 2.39. The number of ether oxygens (including phenoxy) is 1. The van der Waals surface area contributed by atoms with Crippen molar-refractivity contribution in [3.63, 3.8) is 0 Å². The Morgan fingerprint density at radius 1 is 1.53 bits per heavy atom. The number of hydrogen-bond donors (Lipinski definition) is 1. The van der Waals surface area contributed by atoms with Crippen molar-refractivity contribution in [3.8, 4) is 0 Å². The summed E-state index contributed by atoms with van der Waals surface area (Å²) >= 11 is 1.58. The fraction of sp³-hybridized carbons (Fsp3) is 0.385. The molecule has 0 aliphatic carbocycles. The quantitative estimate of drug-likeness (QED) is 0.628. The van der Waals surface area contributed by atoms with E-state index < -0.39 is 5.97 Å². The van der Waals surface area contributed by atoms with E-state index in [9.17, 15) is 9.59 Å². The first-order chi connectivity index (χ1) is 9.19. The molecule has 1 atom stereocenters. The Labute approximate surface area is 115 Å². The summed E-state index contributed by atoms with van der Waals surface area (Å²) in [4.78, 5) is 24.6. The van der Waals surface area contributed by atoms with Crippen molar-refractivity contribution in [2.45, 2.75) is 23.8 Å². The van der Waals surface area contributed by atoms with Crippen molar-refractivity contribution in [1.29, 1.82) is 0 Å². The third kappa shape index (κ3) is 2.21. The molecule has 1 fully saturated rings. The average Bonchev–Trinajstić information content (AvgIpc) is 2.83. The summed E-state index contributed by atoms with van der Waals surface area (Å²) in [5, 5.41) is 2.90. The van der Waals surface area contributed by atoms with Crippen molar-refractivity contribution in [1.82, 2.24) is 4.31 Å². The van der Waals surface area contributed by atoms with Gasteiger partial charge in [0, 0.05) is 11.4 Å². The number of esters is 1. The molecule has 1 unspecified atom stereocenters. The van der Waals surface area contributed by atoms with Gasteiger partial charge in [-0.05, 0) is 43.0 Å². The lowest BCUT2D eigenvalue weighted by Crippen LogP contribution is -2.33. The number of benzene rings is 1. The van der Waals surface area contributed by atoms with Gasteiger partial charge in [0.2, 0.25) is 5.91 Å². The van der Waals surface area contributed by atoms with Gasteiger partial charge in [0.15, 0.2) is 0 Å². The van der Waals surface area contributed by atoms with Crippen LogP contribution in [0.25, 0.3) is 0 Å². The Bertz CT molecular complexity index is 547. The number of carbonyl (C=O) groups is 2. The van der Waals surface area contributed by atoms with E-state index in [-0.39, 0.29) is 11.9 Å². The second-order valence-corrected chi connectivity index (χ2v) is 5.67. The molecule has 6 heteroatoms. The van der Waals surface area contributed by atoms with Crippen molar-refractivity contribution >= 4 is 29.5 Å². The summed E-state index contributed by atoms with van der Waals surface area (Å²) in [5.41, 5.74) is 1.14. The van der Waals surface area contributed by atoms with Crippen molar-refractivity contribution in [3.05, 3.63) is 23.8 Å². The highest BCUT2D eigenvalue weighted by Gasteiger charge is 2.34. The fourth-order valence-corrected chi connectivity index (χ4v) is 3.54. The number of fused-ring (bicyclic) bond motifs is 2. The summed E-state index contributed by atoms with van der Waals surface area (Å²) in [6, 6.07) is 5.18. The molecule has 1 aromatic carbocycles. The number of nitrogens with zero attached hydrogens (tertiary/aromatic N) is 1. The van der Waals surface area contributed by atoms with E-state index in [0.717, 1.165) is 24.3 Å². The first kappa shape index (κ1) is 12.5. The molecule has 0 radical (unpaired) electrons. The summed E-state index contributed by atoms with van der Waals surface area (Å²) in [7, 11) is 1.34. The maximum absolute atomic E-state index is 12.1. The number of nitrogens with one attached hydrogen (secondary N) is 1. The lowest BCUT2D eigenvalue weighted by atomic mass is 10.1. The van der Waals surface area contributed by atoms with Gasteiger partial charge in [0.05, 0.1) is 24.4 Å². The molecule has 0 saturated carbocycles. The molecule has 2 aliphatic heterocycles. The molecule has 1 saturated heterocycles. The van der Waals surface area contributed by atoms with E-state index in [4.69, 9.17) is 4.74 Å². The minimum absolute atomic E-state index is 0.00534. The number of hydrogen-bond acceptors (Lipinski definition) is 5. The van der Waals surface area contributed by atoms with E-state index in [2.05, 4.69) is 9.62 Å². The Morgan fingerprint density at radius 2 is 2.37 bits per heavy atom. The topological polar surface area (TPSA) is 58.6 Å². The normalized spacial score (nSPS) is 22.2. The molecule has 2 aliphatic rings. The third-order valence-electron chi connectivity index (χ3n) is 3.38. The van der Waals surface area contributed by atoms with Gasteiger partial charge in [-0.2, -0.15) is 0 Å². The van der Waals surface area contributed by atoms with Gasteiger partial charge in [-0.15, -0.1) is 0 Å². The molecule has 1 amide bonds. The van der Waals surface area contributed by atoms with E-state index >= 15 is 0 Å². The van der Waals surface area contributed by atoms with Gasteiger partial charge in [0.25, 0.3) is 0 Å². The van der Waals surface area contributed by atoms with Crippen LogP contribution in [0.4, 0.5) is 5.69 Å². The number of amides is 1. The van der Waals surface area contributed by atoms with Crippen LogP contribution in [0.5, 0.6) is 0 Å². The lowest BCUT2D eigenvalue weighted by Gasteiger charge is -2.17. The second kappa shape index (κ2) is 4.86. The summed E-state index contributed by atoms with van der Waals surface area (Å²) in [6.07, 6.45) is 1.93. The van der Waals surface area contributed by atoms with Gasteiger partial charge in [-0.1, -0.05) is 0 Å². The van der Waals surface area contributed by atoms with Crippen LogP contribution >= 0.6 is 11.9 Å². The minimum Gasteiger partial charge on any atom is -0.465 e. The standard InChI is InChI=1S/C13H14N2O3S/c1-18-13(17)8-4-5-11-9(7-8)14-12(16)10-3-2-6-15(10)19-11/h4-5,7,10H,2-3,6H2,1H3,(H,14,16). The van der Waals surface area contributed by atoms with Crippen LogP contribution in [0.3, 0.4) is 0 Å². The van der Waals surface area contributed by atoms with Gasteiger partial charge in [-0.25, -0.2) is 9.10 Å². The maximum Gasteiger partial charge on any atom is 0.337 e. The average molecular weight is 278 g/mol. The smallest absolute Gasteiger partial charge is 0.337 e. The Kier molecular flexibility index (Phi) is 3.20. The fourth-order valence-electron chi connectivity index (χ4n) is 2.41. The molecule has 2 heterocycles. The van der Waals surface area contributed by atoms with E-state index in [1.54, 1.807) is 24.1 Å². The van der Waals surface area contributed by atoms with Gasteiger partial charge in [0.1, 0.15) is 0 Å². The van der Waals surface area contributed by atoms with Gasteiger partial charge in [-0.3, -0.25) is 4.79 Å². The van der Waals surface area contributed by atoms with E-state index in [1.807, 2.05) is 6.07 Å². The Hall–Kier alpha value is -1.53. The second-order valence-electron chi connectivity index (χ2n) is 4.58. The number of anilines is 1. The first-order valence-corrected chi connectivity index (χ1v) is 6.94. The van der Waals surface area contributed by atoms with Crippen LogP contribution in [0, 0.1) is 0 Å². The van der Waals surface area contributed by atoms with Crippen LogP contribution in [-0.2, 0) is 9.53 Å². The van der Waals surface area contributed by atoms with Crippen LogP contribution in [0.1, 0.15) is 23.2 Å². The molecule has 19 heavy (non-hydrogen) atoms. The number of methoxy groups -OCH3 is 1. The molecule has 0 spiro atoms. The number of rotatable bonds is 1. The Balaban J connectivity index is 1.96. The van der Waals surface area contributed by atoms with Gasteiger partial charge >= 0.3 is 5.97 Å². The molecule has 0 aromatic heterocycles. The van der Waals surface area contributed by atoms with Crippen LogP contribution in [0.15, 0.2) is 23.1 Å². The molecular weight excluding hydrogens is 264 g/mol. The van der Waals surface area contributed by atoms with E-state index in [0.29, 0.717) is 11.3 Å². The highest BCUT2D eigenvalue weighted by molar-refractivity contribution is 7.97. The van der Waals surface area contributed by atoms with Crippen LogP contribution in [-0.4, -0.2) is 35.9 Å². The molecule has 1 aromatic rings. The van der Waals surface area contributed by atoms with Crippen LogP contribution in [0.2, 0.25) is 0 Å². The number of carbonyl (C=O) groups excluding carboxylic acids is 2. The lowest BCUT2D eigenvalue weighted by molar-refractivity contribution is -0.118. The SMILES string of the molecule is COC(=O)c1ccc2c(c1)NC(=O)C1CCCN1S2. The molecule has 5 nitrogen and oxygen atoms in total. The zero-order valence-electron chi connectivity index (χ0n) is 10.5. The predicted octanol–water partition coefficient (Wildman–Crippen LogP) is 1.90. The first-order valence-electron chi connectivity index (χ1n) is 6.17. The summed E-state index contributed by atoms with van der Waals surface area (Å²) < 4.78 is 6.80. The summed E-state index contributed by atoms with van der Waals surface area (Å²) in [5.74, 6) is -0.391. The van der Waals surface area contributed by atoms with Crippen molar-refractivity contribution in [2.24, 2.45) is 0 Å². The van der Waals surface area contributed by atoms with Crippen molar-refractivity contribution < 1.29 is 14.3 Å². The minimum atomic E-state index is -0.396. The molecule has 3 rings (SSSR count). The third-order valence-corrected chi connectivity index (χ3v) is 4.60. The molecular formula is C13H14N2O3S. The van der Waals surface area contributed by atoms with Gasteiger partial charge < -0.3 is 10.1 Å². The zero-order chi connectivity index (χ0) is 13.4. The highest BCUT2D eigenvalue weighted by atomic mass is 32.2. The molecule has 1 N–H and O–H groups in total. The summed E-state index contributed by atoms with van der Waals surface area (Å²) in [6.45, 7) is 0.918. The van der Waals surface area contributed by atoms with Crippen LogP contribution < -0.4 is 5.32 Å². The zero-order valence-corrected chi connectivity index (χ0v) is 11.3. The molecule has 0 bridgehead atoms. The van der Waals surface area contributed by atoms with E-state index in [1.165, 1.54) is 7.11 Å². The largest absolute Gasteiger partial charge is 0.465 e. The monoisotopic (exact) mass is 278 g/mol. The Morgan fingerprint density at radius 3 is 3.16 bits per heavy atom. The maximum atomic E-state index is 12.1. The molecule has 100 valence electrons.